The molecule has 0 unspecified atom stereocenters. The molecule has 0 aliphatic heterocycles. The second kappa shape index (κ2) is 6.25. The summed E-state index contributed by atoms with van der Waals surface area (Å²) >= 11 is 3.31. The maximum absolute atomic E-state index is 3.31. The predicted molar refractivity (Wildman–Crippen MR) is 36.6 cm³/mol. The molecule has 2 heteroatoms. The van der Waals surface area contributed by atoms with Gasteiger partial charge in [-0.2, -0.15) is 0 Å². The molecule has 0 atom stereocenters. The molecule has 0 rings (SSSR count). The Morgan fingerprint density at radius 2 is 1.83 bits per heavy atom. The second-order valence-corrected chi connectivity index (χ2v) is 2.20. The van der Waals surface area contributed by atoms with E-state index < -0.39 is 0 Å². The molecule has 0 aliphatic carbocycles. The Bertz CT molecular complexity index is 28.0. The van der Waals surface area contributed by atoms with Crippen LogP contribution < -0.4 is 0 Å². The fourth-order valence-electron chi connectivity index (χ4n) is 0. The number of hydrogen-bond acceptors (Lipinski definition) is 0. The molecule has 0 radical (unpaired) electrons. The van der Waals surface area contributed by atoms with Gasteiger partial charge in [-0.25, -0.2) is 0 Å². The summed E-state index contributed by atoms with van der Waals surface area (Å²) in [6.45, 7) is 4.35. The van der Waals surface area contributed by atoms with Crippen LogP contribution in [0.4, 0.5) is 0 Å². The third kappa shape index (κ3) is 8.98. The van der Waals surface area contributed by atoms with Gasteiger partial charge < -0.3 is 2.85 Å². The van der Waals surface area contributed by atoms with Crippen LogP contribution in [0.25, 0.3) is 0 Å². The van der Waals surface area contributed by atoms with Crippen LogP contribution >= 0.6 is 15.9 Å². The van der Waals surface area contributed by atoms with Crippen molar-refractivity contribution >= 4 is 39.0 Å². The van der Waals surface area contributed by atoms with Crippen LogP contribution in [0.5, 0.6) is 0 Å². The van der Waals surface area contributed by atoms with Gasteiger partial charge in [0, 0.05) is 5.33 Å². The van der Waals surface area contributed by atoms with Crippen LogP contribution in [0.2, 0.25) is 0 Å². The molecule has 0 fully saturated rings. The summed E-state index contributed by atoms with van der Waals surface area (Å²) in [5.74, 6) is 0.801. The molecular formula is C4H11BrMg. The molecule has 0 nitrogen and oxygen atoms in total. The molecule has 0 saturated heterocycles. The maximum Gasteiger partial charge on any atom is 2.00 e. The van der Waals surface area contributed by atoms with Crippen molar-refractivity contribution in [2.24, 2.45) is 5.92 Å². The van der Waals surface area contributed by atoms with Gasteiger partial charge in [-0.05, 0) is 5.92 Å². The van der Waals surface area contributed by atoms with Gasteiger partial charge in [0.25, 0.3) is 0 Å². The van der Waals surface area contributed by atoms with E-state index in [1.807, 2.05) is 0 Å². The Morgan fingerprint density at radius 3 is 1.83 bits per heavy atom. The standard InChI is InChI=1S/C4H9Br.Mg.2H/c1-4(2)3-5;;;/h4H,3H2,1-2H3;;;/q;+2;2*-1. The van der Waals surface area contributed by atoms with E-state index in [1.165, 1.54) is 0 Å². The van der Waals surface area contributed by atoms with Crippen molar-refractivity contribution in [1.82, 2.24) is 0 Å². The van der Waals surface area contributed by atoms with Crippen LogP contribution in [0, 0.1) is 5.92 Å². The van der Waals surface area contributed by atoms with Crippen molar-refractivity contribution in [3.05, 3.63) is 0 Å². The van der Waals surface area contributed by atoms with E-state index in [4.69, 9.17) is 0 Å². The summed E-state index contributed by atoms with van der Waals surface area (Å²) in [6.07, 6.45) is 0. The normalized spacial score (nSPS) is 8.00. The zero-order valence-corrected chi connectivity index (χ0v) is 7.37. The summed E-state index contributed by atoms with van der Waals surface area (Å²) in [5.41, 5.74) is 0. The van der Waals surface area contributed by atoms with Crippen LogP contribution in [0.3, 0.4) is 0 Å². The van der Waals surface area contributed by atoms with E-state index in [2.05, 4.69) is 29.8 Å². The topological polar surface area (TPSA) is 0 Å². The maximum atomic E-state index is 3.31. The van der Waals surface area contributed by atoms with E-state index in [0.29, 0.717) is 0 Å². The first kappa shape index (κ1) is 10.3. The second-order valence-electron chi connectivity index (χ2n) is 1.55. The minimum Gasteiger partial charge on any atom is -1.00 e. The third-order valence-electron chi connectivity index (χ3n) is 0.309. The zero-order chi connectivity index (χ0) is 4.28. The number of halogens is 1. The molecule has 0 spiro atoms. The Labute approximate surface area is 66.9 Å². The van der Waals surface area contributed by atoms with Gasteiger partial charge in [-0.1, -0.05) is 29.8 Å². The van der Waals surface area contributed by atoms with Crippen molar-refractivity contribution in [3.8, 4) is 0 Å². The average molecular weight is 163 g/mol. The summed E-state index contributed by atoms with van der Waals surface area (Å²) in [4.78, 5) is 0. The largest absolute Gasteiger partial charge is 2.00 e. The molecule has 0 aromatic carbocycles. The molecule has 0 heterocycles. The molecule has 0 aromatic heterocycles. The van der Waals surface area contributed by atoms with Gasteiger partial charge in [0.05, 0.1) is 0 Å². The molecule has 0 saturated carbocycles. The summed E-state index contributed by atoms with van der Waals surface area (Å²) in [6, 6.07) is 0. The van der Waals surface area contributed by atoms with Crippen LogP contribution in [0.1, 0.15) is 16.7 Å². The van der Waals surface area contributed by atoms with E-state index in [9.17, 15) is 0 Å². The van der Waals surface area contributed by atoms with Crippen molar-refractivity contribution in [1.29, 1.82) is 0 Å². The van der Waals surface area contributed by atoms with Gasteiger partial charge >= 0.3 is 23.1 Å². The van der Waals surface area contributed by atoms with Crippen LogP contribution in [0.15, 0.2) is 0 Å². The molecule has 0 N–H and O–H groups in total. The Balaban J connectivity index is -0.0000000267. The quantitative estimate of drug-likeness (QED) is 0.409. The molecular weight excluding hydrogens is 152 g/mol. The van der Waals surface area contributed by atoms with Gasteiger partial charge in [-0.3, -0.25) is 0 Å². The van der Waals surface area contributed by atoms with Crippen LogP contribution in [-0.2, 0) is 0 Å². The first-order valence-corrected chi connectivity index (χ1v) is 2.95. The van der Waals surface area contributed by atoms with Gasteiger partial charge in [0.1, 0.15) is 0 Å². The Morgan fingerprint density at radius 1 is 1.67 bits per heavy atom. The van der Waals surface area contributed by atoms with Gasteiger partial charge in [0.15, 0.2) is 0 Å². The zero-order valence-electron chi connectivity index (χ0n) is 6.37. The number of rotatable bonds is 1. The molecule has 0 aromatic rings. The minimum absolute atomic E-state index is 0. The fraction of sp³-hybridized carbons (Fsp3) is 1.00. The Kier molecular flexibility index (Phi) is 10.7. The van der Waals surface area contributed by atoms with Crippen molar-refractivity contribution < 1.29 is 2.85 Å². The molecule has 6 heavy (non-hydrogen) atoms. The third-order valence-corrected chi connectivity index (χ3v) is 1.60. The van der Waals surface area contributed by atoms with Gasteiger partial charge in [0.2, 0.25) is 0 Å². The van der Waals surface area contributed by atoms with Gasteiger partial charge in [-0.15, -0.1) is 0 Å². The Hall–Kier alpha value is 1.25. The first-order chi connectivity index (χ1) is 2.27. The number of alkyl halides is 1. The SMILES string of the molecule is CC(C)CBr.[H-].[H-].[Mg+2]. The van der Waals surface area contributed by atoms with Crippen molar-refractivity contribution in [2.45, 2.75) is 13.8 Å². The average Bonchev–Trinajstić information content (AvgIpc) is 1.38. The smallest absolute Gasteiger partial charge is 1.00 e. The molecule has 0 aliphatic rings. The molecule has 36 valence electrons. The van der Waals surface area contributed by atoms with E-state index in [-0.39, 0.29) is 25.9 Å². The summed E-state index contributed by atoms with van der Waals surface area (Å²) < 4.78 is 0. The monoisotopic (exact) mass is 162 g/mol. The van der Waals surface area contributed by atoms with E-state index in [1.54, 1.807) is 0 Å². The molecule has 0 amide bonds. The number of hydrogen-bond donors (Lipinski definition) is 0. The summed E-state index contributed by atoms with van der Waals surface area (Å²) in [7, 11) is 0. The minimum atomic E-state index is 0. The fourth-order valence-corrected chi connectivity index (χ4v) is 0. The van der Waals surface area contributed by atoms with Crippen molar-refractivity contribution in [3.63, 3.8) is 0 Å². The summed E-state index contributed by atoms with van der Waals surface area (Å²) in [5, 5.41) is 1.12. The van der Waals surface area contributed by atoms with E-state index >= 15 is 0 Å². The molecule has 0 bridgehead atoms. The van der Waals surface area contributed by atoms with Crippen LogP contribution in [-0.4, -0.2) is 28.4 Å². The first-order valence-electron chi connectivity index (χ1n) is 1.83. The predicted octanol–water partition coefficient (Wildman–Crippen LogP) is 1.88. The van der Waals surface area contributed by atoms with E-state index in [0.717, 1.165) is 11.2 Å². The van der Waals surface area contributed by atoms with Crippen molar-refractivity contribution in [2.75, 3.05) is 5.33 Å².